The van der Waals surface area contributed by atoms with Crippen LogP contribution in [0.3, 0.4) is 0 Å². The van der Waals surface area contributed by atoms with Crippen molar-refractivity contribution in [3.8, 4) is 0 Å². The van der Waals surface area contributed by atoms with Crippen molar-refractivity contribution >= 4 is 17.9 Å². The fourth-order valence-corrected chi connectivity index (χ4v) is 7.36. The van der Waals surface area contributed by atoms with Crippen LogP contribution in [0.15, 0.2) is 24.3 Å². The number of hydrogen-bond acceptors (Lipinski definition) is 6. The molecule has 0 saturated heterocycles. The van der Waals surface area contributed by atoms with Crippen LogP contribution in [0, 0.1) is 0 Å². The van der Waals surface area contributed by atoms with E-state index in [0.717, 1.165) is 77.0 Å². The van der Waals surface area contributed by atoms with E-state index in [-0.39, 0.29) is 31.1 Å². The molecule has 0 fully saturated rings. The molecule has 0 aliphatic rings. The van der Waals surface area contributed by atoms with E-state index in [1.807, 2.05) is 0 Å². The number of ether oxygens (including phenoxy) is 3. The molecular formula is C52H96O6. The third-order valence-corrected chi connectivity index (χ3v) is 11.2. The van der Waals surface area contributed by atoms with Crippen molar-refractivity contribution in [3.05, 3.63) is 24.3 Å². The second-order valence-electron chi connectivity index (χ2n) is 17.1. The number of esters is 3. The topological polar surface area (TPSA) is 78.9 Å². The zero-order valence-electron chi connectivity index (χ0n) is 38.8. The normalized spacial score (nSPS) is 12.1. The maximum Gasteiger partial charge on any atom is 0.306 e. The summed E-state index contributed by atoms with van der Waals surface area (Å²) in [6, 6.07) is 0. The molecule has 1 atom stereocenters. The highest BCUT2D eigenvalue weighted by atomic mass is 16.6. The summed E-state index contributed by atoms with van der Waals surface area (Å²) < 4.78 is 16.8. The van der Waals surface area contributed by atoms with Gasteiger partial charge >= 0.3 is 17.9 Å². The number of rotatable bonds is 46. The Labute approximate surface area is 360 Å². The Morgan fingerprint density at radius 3 is 0.983 bits per heavy atom. The van der Waals surface area contributed by atoms with Crippen LogP contribution in [0.1, 0.15) is 271 Å². The van der Waals surface area contributed by atoms with Gasteiger partial charge in [-0.25, -0.2) is 0 Å². The summed E-state index contributed by atoms with van der Waals surface area (Å²) in [4.78, 5) is 37.9. The summed E-state index contributed by atoms with van der Waals surface area (Å²) in [5, 5.41) is 0. The van der Waals surface area contributed by atoms with Crippen LogP contribution < -0.4 is 0 Å². The van der Waals surface area contributed by atoms with Crippen molar-refractivity contribution < 1.29 is 28.6 Å². The van der Waals surface area contributed by atoms with E-state index >= 15 is 0 Å². The Morgan fingerprint density at radius 2 is 0.621 bits per heavy atom. The molecule has 0 N–H and O–H groups in total. The van der Waals surface area contributed by atoms with Crippen molar-refractivity contribution in [1.82, 2.24) is 0 Å². The van der Waals surface area contributed by atoms with Crippen LogP contribution in [0.2, 0.25) is 0 Å². The lowest BCUT2D eigenvalue weighted by Crippen LogP contribution is -2.30. The predicted octanol–water partition coefficient (Wildman–Crippen LogP) is 16.4. The lowest BCUT2D eigenvalue weighted by Gasteiger charge is -2.18. The first kappa shape index (κ1) is 55.9. The highest BCUT2D eigenvalue weighted by Gasteiger charge is 2.19. The SMILES string of the molecule is CCCCCC=CCC=CCCCCCCCC(=O)O[C@H](COC(=O)CCCCCCCCCCCCCC)COC(=O)CCCCCCCCCCCCCCC. The van der Waals surface area contributed by atoms with Crippen LogP contribution in [-0.2, 0) is 28.6 Å². The second-order valence-corrected chi connectivity index (χ2v) is 17.1. The van der Waals surface area contributed by atoms with Crippen LogP contribution in [-0.4, -0.2) is 37.2 Å². The molecule has 0 aromatic carbocycles. The lowest BCUT2D eigenvalue weighted by atomic mass is 10.0. The summed E-state index contributed by atoms with van der Waals surface area (Å²) in [5.41, 5.74) is 0. The third-order valence-electron chi connectivity index (χ3n) is 11.2. The maximum atomic E-state index is 12.8. The zero-order valence-corrected chi connectivity index (χ0v) is 38.8. The van der Waals surface area contributed by atoms with E-state index in [1.165, 1.54) is 154 Å². The minimum atomic E-state index is -0.771. The zero-order chi connectivity index (χ0) is 42.3. The van der Waals surface area contributed by atoms with Gasteiger partial charge in [-0.2, -0.15) is 0 Å². The standard InChI is InChI=1S/C52H96O6/c1-4-7-10-13-16-19-22-25-26-28-31-34-37-40-43-46-52(55)58-49(47-56-50(53)44-41-38-35-32-29-24-21-18-15-12-9-6-3)48-57-51(54)45-42-39-36-33-30-27-23-20-17-14-11-8-5-2/h16,19,25-26,49H,4-15,17-18,20-24,27-48H2,1-3H3/t49-/m1/s1. The molecule has 0 aromatic rings. The molecular weight excluding hydrogens is 721 g/mol. The average molecular weight is 817 g/mol. The molecule has 6 nitrogen and oxygen atoms in total. The molecule has 0 saturated carbocycles. The molecule has 0 bridgehead atoms. The quantitative estimate of drug-likeness (QED) is 0.0263. The second kappa shape index (κ2) is 47.6. The number of carbonyl (C=O) groups excluding carboxylic acids is 3. The predicted molar refractivity (Wildman–Crippen MR) is 247 cm³/mol. The Bertz CT molecular complexity index is 942. The smallest absolute Gasteiger partial charge is 0.306 e. The molecule has 0 rings (SSSR count). The van der Waals surface area contributed by atoms with Gasteiger partial charge in [-0.1, -0.05) is 225 Å². The highest BCUT2D eigenvalue weighted by molar-refractivity contribution is 5.71. The molecule has 0 aliphatic carbocycles. The number of carbonyl (C=O) groups is 3. The molecule has 0 amide bonds. The molecule has 0 aliphatic heterocycles. The lowest BCUT2D eigenvalue weighted by molar-refractivity contribution is -0.167. The number of unbranched alkanes of at least 4 members (excludes halogenated alkanes) is 31. The van der Waals surface area contributed by atoms with Crippen LogP contribution >= 0.6 is 0 Å². The maximum absolute atomic E-state index is 12.8. The van der Waals surface area contributed by atoms with Crippen molar-refractivity contribution in [2.45, 2.75) is 277 Å². The molecule has 0 heterocycles. The van der Waals surface area contributed by atoms with E-state index in [4.69, 9.17) is 14.2 Å². The first-order valence-electron chi connectivity index (χ1n) is 25.3. The van der Waals surface area contributed by atoms with Gasteiger partial charge in [0.1, 0.15) is 13.2 Å². The van der Waals surface area contributed by atoms with Gasteiger partial charge in [0.15, 0.2) is 6.10 Å². The van der Waals surface area contributed by atoms with Gasteiger partial charge in [0.25, 0.3) is 0 Å². The summed E-state index contributed by atoms with van der Waals surface area (Å²) in [6.07, 6.45) is 52.9. The minimum Gasteiger partial charge on any atom is -0.462 e. The van der Waals surface area contributed by atoms with Crippen LogP contribution in [0.25, 0.3) is 0 Å². The Kier molecular flexibility index (Phi) is 45.8. The highest BCUT2D eigenvalue weighted by Crippen LogP contribution is 2.16. The first-order valence-corrected chi connectivity index (χ1v) is 25.3. The van der Waals surface area contributed by atoms with Gasteiger partial charge in [-0.15, -0.1) is 0 Å². The largest absolute Gasteiger partial charge is 0.462 e. The van der Waals surface area contributed by atoms with Crippen molar-refractivity contribution in [2.24, 2.45) is 0 Å². The van der Waals surface area contributed by atoms with E-state index in [9.17, 15) is 14.4 Å². The summed E-state index contributed by atoms with van der Waals surface area (Å²) in [7, 11) is 0. The van der Waals surface area contributed by atoms with Crippen molar-refractivity contribution in [2.75, 3.05) is 13.2 Å². The Morgan fingerprint density at radius 1 is 0.345 bits per heavy atom. The number of allylic oxidation sites excluding steroid dienone is 4. The van der Waals surface area contributed by atoms with E-state index in [0.29, 0.717) is 19.3 Å². The molecule has 340 valence electrons. The van der Waals surface area contributed by atoms with Crippen LogP contribution in [0.4, 0.5) is 0 Å². The van der Waals surface area contributed by atoms with Crippen molar-refractivity contribution in [1.29, 1.82) is 0 Å². The average Bonchev–Trinajstić information content (AvgIpc) is 3.22. The van der Waals surface area contributed by atoms with Gasteiger partial charge in [0, 0.05) is 19.3 Å². The van der Waals surface area contributed by atoms with E-state index in [1.54, 1.807) is 0 Å². The molecule has 0 unspecified atom stereocenters. The van der Waals surface area contributed by atoms with Gasteiger partial charge in [-0.05, 0) is 51.4 Å². The van der Waals surface area contributed by atoms with Gasteiger partial charge in [0.05, 0.1) is 0 Å². The van der Waals surface area contributed by atoms with E-state index < -0.39 is 6.10 Å². The van der Waals surface area contributed by atoms with Gasteiger partial charge in [-0.3, -0.25) is 14.4 Å². The van der Waals surface area contributed by atoms with E-state index in [2.05, 4.69) is 45.1 Å². The first-order chi connectivity index (χ1) is 28.5. The summed E-state index contributed by atoms with van der Waals surface area (Å²) in [5.74, 6) is -0.874. The monoisotopic (exact) mass is 817 g/mol. The Balaban J connectivity index is 4.37. The fourth-order valence-electron chi connectivity index (χ4n) is 7.36. The molecule has 6 heteroatoms. The third kappa shape index (κ3) is 45.0. The molecule has 0 aromatic heterocycles. The minimum absolute atomic E-state index is 0.0724. The van der Waals surface area contributed by atoms with Gasteiger partial charge < -0.3 is 14.2 Å². The van der Waals surface area contributed by atoms with Crippen LogP contribution in [0.5, 0.6) is 0 Å². The number of hydrogen-bond donors (Lipinski definition) is 0. The van der Waals surface area contributed by atoms with Crippen molar-refractivity contribution in [3.63, 3.8) is 0 Å². The fraction of sp³-hybridized carbons (Fsp3) is 0.865. The summed E-state index contributed by atoms with van der Waals surface area (Å²) in [6.45, 7) is 6.62. The van der Waals surface area contributed by atoms with Gasteiger partial charge in [0.2, 0.25) is 0 Å². The molecule has 58 heavy (non-hydrogen) atoms. The summed E-state index contributed by atoms with van der Waals surface area (Å²) >= 11 is 0. The molecule has 0 spiro atoms. The Hall–Kier alpha value is -2.11. The molecule has 0 radical (unpaired) electrons.